The number of hydrogen-bond donors (Lipinski definition) is 1. The third-order valence-corrected chi connectivity index (χ3v) is 3.59. The number of phenolic OH excluding ortho intramolecular Hbond substituents is 1. The Morgan fingerprint density at radius 1 is 1.22 bits per heavy atom. The van der Waals surface area contributed by atoms with Crippen molar-refractivity contribution in [1.29, 1.82) is 0 Å². The molecule has 0 spiro atoms. The molecule has 116 valence electrons. The fourth-order valence-electron chi connectivity index (χ4n) is 2.20. The smallest absolute Gasteiger partial charge is 0.221 e. The molecule has 0 aliphatic carbocycles. The number of furan rings is 1. The van der Waals surface area contributed by atoms with Crippen LogP contribution in [0, 0.1) is 0 Å². The van der Waals surface area contributed by atoms with E-state index in [1.165, 1.54) is 19.3 Å². The van der Waals surface area contributed by atoms with E-state index in [4.69, 9.17) is 20.8 Å². The maximum atomic E-state index is 12.2. The van der Waals surface area contributed by atoms with E-state index in [-0.39, 0.29) is 17.3 Å². The Kier molecular flexibility index (Phi) is 4.08. The number of fused-ring (bicyclic) bond motifs is 1. The highest BCUT2D eigenvalue weighted by Gasteiger charge is 2.10. The lowest BCUT2D eigenvalue weighted by Gasteiger charge is -2.03. The first kappa shape index (κ1) is 15.2. The second kappa shape index (κ2) is 6.18. The number of rotatable bonds is 4. The summed E-state index contributed by atoms with van der Waals surface area (Å²) in [5.41, 5.74) is 1.28. The van der Waals surface area contributed by atoms with Crippen LogP contribution in [0.2, 0.25) is 5.02 Å². The highest BCUT2D eigenvalue weighted by Crippen LogP contribution is 2.27. The van der Waals surface area contributed by atoms with Crippen LogP contribution in [0.4, 0.5) is 0 Å². The van der Waals surface area contributed by atoms with Crippen LogP contribution in [-0.4, -0.2) is 18.0 Å². The van der Waals surface area contributed by atoms with Crippen LogP contribution in [-0.2, 0) is 0 Å². The molecule has 23 heavy (non-hydrogen) atoms. The van der Waals surface area contributed by atoms with E-state index in [0.717, 1.165) is 5.39 Å². The Hall–Kier alpha value is -2.72. The number of ketones is 1. The molecule has 0 atom stereocenters. The minimum atomic E-state index is -0.271. The van der Waals surface area contributed by atoms with Crippen LogP contribution in [0.15, 0.2) is 53.0 Å². The average molecular weight is 329 g/mol. The summed E-state index contributed by atoms with van der Waals surface area (Å²) < 4.78 is 10.5. The predicted octanol–water partition coefficient (Wildman–Crippen LogP) is 4.70. The highest BCUT2D eigenvalue weighted by molar-refractivity contribution is 6.31. The molecule has 0 bridgehead atoms. The minimum Gasteiger partial charge on any atom is -0.504 e. The lowest BCUT2D eigenvalue weighted by molar-refractivity contribution is 0.102. The van der Waals surface area contributed by atoms with Crippen LogP contribution in [0.3, 0.4) is 0 Å². The molecule has 3 aromatic rings. The van der Waals surface area contributed by atoms with Crippen LogP contribution < -0.4 is 4.74 Å². The van der Waals surface area contributed by atoms with Gasteiger partial charge in [0.05, 0.1) is 7.11 Å². The van der Waals surface area contributed by atoms with Gasteiger partial charge in [-0.05, 0) is 48.0 Å². The van der Waals surface area contributed by atoms with Crippen LogP contribution in [0.1, 0.15) is 16.1 Å². The van der Waals surface area contributed by atoms with Gasteiger partial charge in [-0.15, -0.1) is 0 Å². The van der Waals surface area contributed by atoms with Crippen molar-refractivity contribution < 1.29 is 19.1 Å². The van der Waals surface area contributed by atoms with Crippen molar-refractivity contribution in [3.05, 3.63) is 64.9 Å². The molecular weight excluding hydrogens is 316 g/mol. The molecule has 1 aromatic heterocycles. The maximum Gasteiger partial charge on any atom is 0.221 e. The standard InChI is InChI=1S/C18H13ClO4/c1-22-17-6-3-11(8-15(17)21)2-5-14(20)18-10-12-9-13(19)4-7-16(12)23-18/h2-10,21H,1H3/b5-2+. The van der Waals surface area contributed by atoms with Crippen LogP contribution in [0.5, 0.6) is 11.5 Å². The number of benzene rings is 2. The van der Waals surface area contributed by atoms with E-state index >= 15 is 0 Å². The molecule has 0 aliphatic heterocycles. The van der Waals surface area contributed by atoms with Gasteiger partial charge in [0.2, 0.25) is 5.78 Å². The number of aromatic hydroxyl groups is 1. The summed E-state index contributed by atoms with van der Waals surface area (Å²) in [6, 6.07) is 11.7. The van der Waals surface area contributed by atoms with Gasteiger partial charge in [-0.2, -0.15) is 0 Å². The van der Waals surface area contributed by atoms with Crippen LogP contribution in [0.25, 0.3) is 17.0 Å². The van der Waals surface area contributed by atoms with Crippen molar-refractivity contribution in [3.63, 3.8) is 0 Å². The normalized spacial score (nSPS) is 11.2. The number of ether oxygens (including phenoxy) is 1. The number of carbonyl (C=O) groups excluding carboxylic acids is 1. The van der Waals surface area contributed by atoms with Gasteiger partial charge >= 0.3 is 0 Å². The van der Waals surface area contributed by atoms with Gasteiger partial charge in [-0.25, -0.2) is 0 Å². The quantitative estimate of drug-likeness (QED) is 0.557. The summed E-state index contributed by atoms with van der Waals surface area (Å²) in [7, 11) is 1.47. The Balaban J connectivity index is 1.83. The molecule has 4 nitrogen and oxygen atoms in total. The minimum absolute atomic E-state index is 0.0143. The molecule has 0 saturated carbocycles. The molecule has 0 radical (unpaired) electrons. The predicted molar refractivity (Wildman–Crippen MR) is 89.2 cm³/mol. The molecule has 2 aromatic carbocycles. The SMILES string of the molecule is COc1ccc(/C=C/C(=O)c2cc3cc(Cl)ccc3o2)cc1O. The monoisotopic (exact) mass is 328 g/mol. The van der Waals surface area contributed by atoms with Gasteiger partial charge in [-0.1, -0.05) is 23.7 Å². The first-order chi connectivity index (χ1) is 11.1. The fourth-order valence-corrected chi connectivity index (χ4v) is 2.38. The lowest BCUT2D eigenvalue weighted by atomic mass is 10.1. The molecule has 0 fully saturated rings. The number of allylic oxidation sites excluding steroid dienone is 1. The van der Waals surface area contributed by atoms with E-state index in [0.29, 0.717) is 21.9 Å². The Morgan fingerprint density at radius 3 is 2.78 bits per heavy atom. The summed E-state index contributed by atoms with van der Waals surface area (Å²) in [5, 5.41) is 11.1. The van der Waals surface area contributed by atoms with Gasteiger partial charge in [0, 0.05) is 10.4 Å². The van der Waals surface area contributed by atoms with E-state index in [2.05, 4.69) is 0 Å². The number of phenols is 1. The summed E-state index contributed by atoms with van der Waals surface area (Å²) >= 11 is 5.91. The number of carbonyl (C=O) groups is 1. The molecule has 0 aliphatic rings. The van der Waals surface area contributed by atoms with E-state index in [1.54, 1.807) is 42.5 Å². The zero-order valence-electron chi connectivity index (χ0n) is 12.2. The van der Waals surface area contributed by atoms with E-state index in [9.17, 15) is 9.90 Å². The third-order valence-electron chi connectivity index (χ3n) is 3.35. The molecule has 5 heteroatoms. The summed E-state index contributed by atoms with van der Waals surface area (Å²) in [6.07, 6.45) is 2.99. The zero-order chi connectivity index (χ0) is 16.4. The average Bonchev–Trinajstić information content (AvgIpc) is 2.95. The Morgan fingerprint density at radius 2 is 2.04 bits per heavy atom. The first-order valence-corrected chi connectivity index (χ1v) is 7.23. The van der Waals surface area contributed by atoms with Gasteiger partial charge in [0.15, 0.2) is 17.3 Å². The lowest BCUT2D eigenvalue weighted by Crippen LogP contribution is -1.90. The summed E-state index contributed by atoms with van der Waals surface area (Å²) in [6.45, 7) is 0. The first-order valence-electron chi connectivity index (χ1n) is 6.85. The molecular formula is C18H13ClO4. The largest absolute Gasteiger partial charge is 0.504 e. The van der Waals surface area contributed by atoms with Crippen molar-refractivity contribution in [3.8, 4) is 11.5 Å². The second-order valence-corrected chi connectivity index (χ2v) is 5.36. The Labute approximate surface area is 137 Å². The van der Waals surface area contributed by atoms with Crippen molar-refractivity contribution in [2.75, 3.05) is 7.11 Å². The van der Waals surface area contributed by atoms with Gasteiger partial charge < -0.3 is 14.3 Å². The molecule has 1 heterocycles. The van der Waals surface area contributed by atoms with Gasteiger partial charge in [0.1, 0.15) is 5.58 Å². The Bertz CT molecular complexity index is 909. The zero-order valence-corrected chi connectivity index (χ0v) is 13.0. The van der Waals surface area contributed by atoms with Crippen LogP contribution >= 0.6 is 11.6 Å². The van der Waals surface area contributed by atoms with Gasteiger partial charge in [-0.3, -0.25) is 4.79 Å². The highest BCUT2D eigenvalue weighted by atomic mass is 35.5. The number of hydrogen-bond acceptors (Lipinski definition) is 4. The van der Waals surface area contributed by atoms with Crippen molar-refractivity contribution in [2.24, 2.45) is 0 Å². The summed E-state index contributed by atoms with van der Waals surface area (Å²) in [5.74, 6) is 0.354. The number of methoxy groups -OCH3 is 1. The van der Waals surface area contributed by atoms with E-state index < -0.39 is 0 Å². The van der Waals surface area contributed by atoms with E-state index in [1.807, 2.05) is 0 Å². The molecule has 0 unspecified atom stereocenters. The third kappa shape index (κ3) is 3.22. The van der Waals surface area contributed by atoms with Crippen molar-refractivity contribution in [1.82, 2.24) is 0 Å². The fraction of sp³-hybridized carbons (Fsp3) is 0.0556. The number of halogens is 1. The molecule has 0 saturated heterocycles. The van der Waals surface area contributed by atoms with Crippen molar-refractivity contribution >= 4 is 34.4 Å². The van der Waals surface area contributed by atoms with Crippen molar-refractivity contribution in [2.45, 2.75) is 0 Å². The molecule has 0 amide bonds. The maximum absolute atomic E-state index is 12.2. The second-order valence-electron chi connectivity index (χ2n) is 4.92. The van der Waals surface area contributed by atoms with Gasteiger partial charge in [0.25, 0.3) is 0 Å². The topological polar surface area (TPSA) is 59.7 Å². The molecule has 3 rings (SSSR count). The molecule has 1 N–H and O–H groups in total. The summed E-state index contributed by atoms with van der Waals surface area (Å²) in [4.78, 5) is 12.2.